The highest BCUT2D eigenvalue weighted by molar-refractivity contribution is 5.02. The molecule has 1 aliphatic rings. The number of rotatable bonds is 4. The van der Waals surface area contributed by atoms with E-state index >= 15 is 0 Å². The molecule has 3 unspecified atom stereocenters. The lowest BCUT2D eigenvalue weighted by Gasteiger charge is -2.54. The lowest BCUT2D eigenvalue weighted by molar-refractivity contribution is -0.0273. The first-order valence-electron chi connectivity index (χ1n) is 7.22. The molecule has 0 amide bonds. The molecule has 0 saturated heterocycles. The minimum Gasteiger partial charge on any atom is -0.329 e. The van der Waals surface area contributed by atoms with Crippen LogP contribution in [-0.4, -0.2) is 30.1 Å². The van der Waals surface area contributed by atoms with Crippen LogP contribution in [0.2, 0.25) is 0 Å². The predicted octanol–water partition coefficient (Wildman–Crippen LogP) is 3.26. The summed E-state index contributed by atoms with van der Waals surface area (Å²) in [6.07, 6.45) is 5.05. The van der Waals surface area contributed by atoms with E-state index in [1.54, 1.807) is 0 Å². The van der Waals surface area contributed by atoms with Crippen molar-refractivity contribution < 1.29 is 0 Å². The van der Waals surface area contributed by atoms with E-state index in [4.69, 9.17) is 5.73 Å². The van der Waals surface area contributed by atoms with Crippen molar-refractivity contribution in [1.29, 1.82) is 0 Å². The predicted molar refractivity (Wildman–Crippen MR) is 76.1 cm³/mol. The van der Waals surface area contributed by atoms with Gasteiger partial charge in [0.25, 0.3) is 0 Å². The summed E-state index contributed by atoms with van der Waals surface area (Å²) in [5, 5.41) is 0. The van der Waals surface area contributed by atoms with Gasteiger partial charge in [-0.15, -0.1) is 0 Å². The maximum absolute atomic E-state index is 6.17. The van der Waals surface area contributed by atoms with Gasteiger partial charge in [0, 0.05) is 18.1 Å². The molecule has 1 fully saturated rings. The summed E-state index contributed by atoms with van der Waals surface area (Å²) in [6, 6.07) is 0.627. The molecule has 0 bridgehead atoms. The van der Waals surface area contributed by atoms with Crippen molar-refractivity contribution in [2.24, 2.45) is 17.1 Å². The first-order valence-corrected chi connectivity index (χ1v) is 7.22. The number of hydrogen-bond donors (Lipinski definition) is 1. The van der Waals surface area contributed by atoms with Gasteiger partial charge in [0.2, 0.25) is 0 Å². The highest BCUT2D eigenvalue weighted by Crippen LogP contribution is 2.46. The van der Waals surface area contributed by atoms with Gasteiger partial charge in [-0.1, -0.05) is 27.7 Å². The molecule has 0 aromatic carbocycles. The van der Waals surface area contributed by atoms with E-state index < -0.39 is 0 Å². The second kappa shape index (κ2) is 5.27. The van der Waals surface area contributed by atoms with Gasteiger partial charge in [-0.3, -0.25) is 4.90 Å². The topological polar surface area (TPSA) is 29.3 Å². The van der Waals surface area contributed by atoms with E-state index in [1.807, 2.05) is 0 Å². The molecule has 1 rings (SSSR count). The SMILES string of the molecule is CCC(C)N(C)C1(CN)CCC(C)(C)CC1C. The molecule has 1 aliphatic carbocycles. The molecule has 0 radical (unpaired) electrons. The van der Waals surface area contributed by atoms with Gasteiger partial charge >= 0.3 is 0 Å². The Morgan fingerprint density at radius 3 is 2.35 bits per heavy atom. The zero-order chi connectivity index (χ0) is 13.3. The molecule has 0 aromatic heterocycles. The molecule has 0 heterocycles. The minimum atomic E-state index is 0.227. The summed E-state index contributed by atoms with van der Waals surface area (Å²) in [6.45, 7) is 12.6. The lowest BCUT2D eigenvalue weighted by Crippen LogP contribution is -2.61. The van der Waals surface area contributed by atoms with E-state index in [9.17, 15) is 0 Å². The molecule has 0 spiro atoms. The number of nitrogens with zero attached hydrogens (tertiary/aromatic N) is 1. The largest absolute Gasteiger partial charge is 0.329 e. The molecule has 102 valence electrons. The van der Waals surface area contributed by atoms with Gasteiger partial charge in [-0.25, -0.2) is 0 Å². The monoisotopic (exact) mass is 240 g/mol. The average molecular weight is 240 g/mol. The Labute approximate surface area is 108 Å². The maximum atomic E-state index is 6.17. The van der Waals surface area contributed by atoms with Gasteiger partial charge in [0.1, 0.15) is 0 Å². The summed E-state index contributed by atoms with van der Waals surface area (Å²) in [4.78, 5) is 2.56. The lowest BCUT2D eigenvalue weighted by atomic mass is 9.63. The molecule has 1 saturated carbocycles. The summed E-state index contributed by atoms with van der Waals surface area (Å²) in [7, 11) is 2.27. The third-order valence-corrected chi connectivity index (χ3v) is 5.32. The highest BCUT2D eigenvalue weighted by Gasteiger charge is 2.46. The highest BCUT2D eigenvalue weighted by atomic mass is 15.2. The van der Waals surface area contributed by atoms with Crippen molar-refractivity contribution in [2.75, 3.05) is 13.6 Å². The van der Waals surface area contributed by atoms with Crippen LogP contribution in [0.3, 0.4) is 0 Å². The van der Waals surface area contributed by atoms with Crippen molar-refractivity contribution >= 4 is 0 Å². The van der Waals surface area contributed by atoms with Crippen molar-refractivity contribution in [2.45, 2.75) is 71.9 Å². The van der Waals surface area contributed by atoms with Crippen LogP contribution in [0.15, 0.2) is 0 Å². The molecule has 0 aromatic rings. The molecule has 3 atom stereocenters. The zero-order valence-corrected chi connectivity index (χ0v) is 12.7. The Bertz CT molecular complexity index is 249. The molecule has 2 heteroatoms. The van der Waals surface area contributed by atoms with Crippen molar-refractivity contribution in [3.05, 3.63) is 0 Å². The van der Waals surface area contributed by atoms with Crippen LogP contribution < -0.4 is 5.73 Å². The summed E-state index contributed by atoms with van der Waals surface area (Å²) < 4.78 is 0. The quantitative estimate of drug-likeness (QED) is 0.817. The molecule has 17 heavy (non-hydrogen) atoms. The normalized spacial score (nSPS) is 34.9. The molecule has 2 N–H and O–H groups in total. The zero-order valence-electron chi connectivity index (χ0n) is 12.7. The maximum Gasteiger partial charge on any atom is 0.0357 e. The Morgan fingerprint density at radius 2 is 1.94 bits per heavy atom. The van der Waals surface area contributed by atoms with Crippen LogP contribution in [0.1, 0.15) is 60.3 Å². The second-order valence-electron chi connectivity index (χ2n) is 6.95. The third kappa shape index (κ3) is 2.85. The van der Waals surface area contributed by atoms with Crippen LogP contribution in [0.25, 0.3) is 0 Å². The summed E-state index contributed by atoms with van der Waals surface area (Å²) in [5.74, 6) is 0.690. The van der Waals surface area contributed by atoms with E-state index in [0.29, 0.717) is 17.4 Å². The first-order chi connectivity index (χ1) is 7.79. The van der Waals surface area contributed by atoms with Crippen molar-refractivity contribution in [3.63, 3.8) is 0 Å². The molecule has 2 nitrogen and oxygen atoms in total. The van der Waals surface area contributed by atoms with E-state index in [-0.39, 0.29) is 5.54 Å². The minimum absolute atomic E-state index is 0.227. The van der Waals surface area contributed by atoms with Gasteiger partial charge in [-0.2, -0.15) is 0 Å². The number of nitrogens with two attached hydrogens (primary N) is 1. The Balaban J connectivity index is 2.89. The standard InChI is InChI=1S/C15H32N2/c1-7-13(3)17(6)15(11-16)9-8-14(4,5)10-12(15)2/h12-13H,7-11,16H2,1-6H3. The fraction of sp³-hybridized carbons (Fsp3) is 1.00. The molecular formula is C15H32N2. The Morgan fingerprint density at radius 1 is 1.35 bits per heavy atom. The van der Waals surface area contributed by atoms with Gasteiger partial charge < -0.3 is 5.73 Å². The number of likely N-dealkylation sites (N-methyl/N-ethyl adjacent to an activating group) is 1. The van der Waals surface area contributed by atoms with E-state index in [1.165, 1.54) is 25.7 Å². The van der Waals surface area contributed by atoms with Gasteiger partial charge in [-0.05, 0) is 51.0 Å². The molecular weight excluding hydrogens is 208 g/mol. The fourth-order valence-electron chi connectivity index (χ4n) is 3.61. The van der Waals surface area contributed by atoms with Crippen LogP contribution in [0.4, 0.5) is 0 Å². The summed E-state index contributed by atoms with van der Waals surface area (Å²) in [5.41, 5.74) is 6.89. The van der Waals surface area contributed by atoms with Crippen LogP contribution in [-0.2, 0) is 0 Å². The second-order valence-corrected chi connectivity index (χ2v) is 6.95. The number of hydrogen-bond acceptors (Lipinski definition) is 2. The third-order valence-electron chi connectivity index (χ3n) is 5.32. The fourth-order valence-corrected chi connectivity index (χ4v) is 3.61. The average Bonchev–Trinajstić information content (AvgIpc) is 2.27. The smallest absolute Gasteiger partial charge is 0.0357 e. The van der Waals surface area contributed by atoms with Crippen LogP contribution in [0.5, 0.6) is 0 Å². The Hall–Kier alpha value is -0.0800. The van der Waals surface area contributed by atoms with Crippen LogP contribution in [0, 0.1) is 11.3 Å². The van der Waals surface area contributed by atoms with Gasteiger partial charge in [0.15, 0.2) is 0 Å². The first kappa shape index (κ1) is 15.0. The van der Waals surface area contributed by atoms with Crippen molar-refractivity contribution in [1.82, 2.24) is 4.90 Å². The van der Waals surface area contributed by atoms with Gasteiger partial charge in [0.05, 0.1) is 0 Å². The van der Waals surface area contributed by atoms with E-state index in [0.717, 1.165) is 6.54 Å². The summed E-state index contributed by atoms with van der Waals surface area (Å²) >= 11 is 0. The Kier molecular flexibility index (Phi) is 4.65. The van der Waals surface area contributed by atoms with Crippen molar-refractivity contribution in [3.8, 4) is 0 Å². The molecule has 0 aliphatic heterocycles. The van der Waals surface area contributed by atoms with E-state index in [2.05, 4.69) is 46.6 Å². The van der Waals surface area contributed by atoms with Crippen LogP contribution >= 0.6 is 0 Å².